The first kappa shape index (κ1) is 21.3. The van der Waals surface area contributed by atoms with Crippen LogP contribution < -0.4 is 21.9 Å². The second-order valence-electron chi connectivity index (χ2n) is 8.43. The molecule has 0 amide bonds. The average Bonchev–Trinajstić information content (AvgIpc) is 3.03. The highest BCUT2D eigenvalue weighted by Gasteiger charge is 2.26. The van der Waals surface area contributed by atoms with E-state index in [1.54, 1.807) is 4.57 Å². The predicted octanol–water partition coefficient (Wildman–Crippen LogP) is 0.352. The molecule has 1 unspecified atom stereocenters. The number of fused-ring (bicyclic) bond motifs is 1. The van der Waals surface area contributed by atoms with Crippen LogP contribution in [0, 0.1) is 0 Å². The van der Waals surface area contributed by atoms with Gasteiger partial charge in [0.15, 0.2) is 11.2 Å². The largest absolute Gasteiger partial charge is 0.341 e. The molecule has 0 radical (unpaired) electrons. The molecule has 0 aromatic carbocycles. The molecule has 0 aliphatic carbocycles. The van der Waals surface area contributed by atoms with Gasteiger partial charge in [0.05, 0.1) is 0 Å². The van der Waals surface area contributed by atoms with Crippen molar-refractivity contribution < 1.29 is 0 Å². The summed E-state index contributed by atoms with van der Waals surface area (Å²) in [7, 11) is 5.45. The van der Waals surface area contributed by atoms with Crippen molar-refractivity contribution in [2.45, 2.75) is 45.8 Å². The van der Waals surface area contributed by atoms with Crippen molar-refractivity contribution in [1.82, 2.24) is 23.6 Å². The molecule has 1 fully saturated rings. The standard InChI is InChI=1S/C20H33N7O2/c1-14(2)8-10-26-16-17(22-19(26)25-9-6-7-15(21)13-25)27(12-11-23(3)4)20(29)24(5)18(16)28/h8,15H,6-7,9-13,21H2,1-5H3. The van der Waals surface area contributed by atoms with E-state index in [0.717, 1.165) is 25.0 Å². The lowest BCUT2D eigenvalue weighted by molar-refractivity contribution is 0.380. The van der Waals surface area contributed by atoms with Crippen LogP contribution in [-0.2, 0) is 20.1 Å². The van der Waals surface area contributed by atoms with Gasteiger partial charge in [0, 0.05) is 45.8 Å². The second-order valence-corrected chi connectivity index (χ2v) is 8.43. The van der Waals surface area contributed by atoms with Crippen molar-refractivity contribution in [1.29, 1.82) is 0 Å². The number of likely N-dealkylation sites (N-methyl/N-ethyl adjacent to an activating group) is 1. The number of rotatable bonds is 6. The number of hydrogen-bond acceptors (Lipinski definition) is 6. The van der Waals surface area contributed by atoms with Gasteiger partial charge in [-0.1, -0.05) is 11.6 Å². The van der Waals surface area contributed by atoms with Gasteiger partial charge in [-0.25, -0.2) is 4.79 Å². The second kappa shape index (κ2) is 8.54. The molecule has 0 saturated carbocycles. The Morgan fingerprint density at radius 1 is 1.28 bits per heavy atom. The van der Waals surface area contributed by atoms with E-state index in [1.165, 1.54) is 11.6 Å². The molecular weight excluding hydrogens is 370 g/mol. The molecule has 1 aliphatic heterocycles. The molecule has 2 N–H and O–H groups in total. The van der Waals surface area contributed by atoms with E-state index >= 15 is 0 Å². The zero-order valence-electron chi connectivity index (χ0n) is 18.2. The molecule has 160 valence electrons. The maximum Gasteiger partial charge on any atom is 0.332 e. The molecule has 0 bridgehead atoms. The number of allylic oxidation sites excluding steroid dienone is 2. The van der Waals surface area contributed by atoms with Crippen LogP contribution >= 0.6 is 0 Å². The Morgan fingerprint density at radius 3 is 2.62 bits per heavy atom. The highest BCUT2D eigenvalue weighted by Crippen LogP contribution is 2.23. The van der Waals surface area contributed by atoms with Gasteiger partial charge >= 0.3 is 5.69 Å². The number of aromatic nitrogens is 4. The number of nitrogens with two attached hydrogens (primary N) is 1. The zero-order valence-corrected chi connectivity index (χ0v) is 18.2. The lowest BCUT2D eigenvalue weighted by Crippen LogP contribution is -2.44. The fourth-order valence-electron chi connectivity index (χ4n) is 3.73. The van der Waals surface area contributed by atoms with Crippen LogP contribution in [0.5, 0.6) is 0 Å². The van der Waals surface area contributed by atoms with E-state index in [-0.39, 0.29) is 17.3 Å². The molecule has 3 rings (SSSR count). The lowest BCUT2D eigenvalue weighted by atomic mass is 10.1. The first-order valence-electron chi connectivity index (χ1n) is 10.2. The molecule has 1 aliphatic rings. The SMILES string of the molecule is CC(C)=CCn1c(N2CCCC(N)C2)nc2c1c(=O)n(C)c(=O)n2CCN(C)C. The van der Waals surface area contributed by atoms with Crippen LogP contribution in [0.15, 0.2) is 21.2 Å². The summed E-state index contributed by atoms with van der Waals surface area (Å²) < 4.78 is 4.74. The van der Waals surface area contributed by atoms with Gasteiger partial charge in [-0.2, -0.15) is 4.98 Å². The first-order chi connectivity index (χ1) is 13.7. The minimum Gasteiger partial charge on any atom is -0.341 e. The Balaban J connectivity index is 2.26. The van der Waals surface area contributed by atoms with Crippen molar-refractivity contribution in [2.24, 2.45) is 12.8 Å². The summed E-state index contributed by atoms with van der Waals surface area (Å²) in [6, 6.07) is 0.0826. The highest BCUT2D eigenvalue weighted by atomic mass is 16.2. The minimum absolute atomic E-state index is 0.0826. The van der Waals surface area contributed by atoms with E-state index in [9.17, 15) is 9.59 Å². The van der Waals surface area contributed by atoms with Gasteiger partial charge in [0.1, 0.15) is 0 Å². The van der Waals surface area contributed by atoms with Gasteiger partial charge in [-0.05, 0) is 40.8 Å². The third kappa shape index (κ3) is 4.30. The fourth-order valence-corrected chi connectivity index (χ4v) is 3.73. The van der Waals surface area contributed by atoms with Crippen LogP contribution in [0.2, 0.25) is 0 Å². The summed E-state index contributed by atoms with van der Waals surface area (Å²) in [5.41, 5.74) is 7.64. The first-order valence-corrected chi connectivity index (χ1v) is 10.2. The van der Waals surface area contributed by atoms with Crippen LogP contribution in [0.4, 0.5) is 5.95 Å². The lowest BCUT2D eigenvalue weighted by Gasteiger charge is -2.31. The van der Waals surface area contributed by atoms with E-state index in [2.05, 4.69) is 11.0 Å². The van der Waals surface area contributed by atoms with Gasteiger partial charge in [0.25, 0.3) is 5.56 Å². The Kier molecular flexibility index (Phi) is 6.28. The highest BCUT2D eigenvalue weighted by molar-refractivity contribution is 5.75. The predicted molar refractivity (Wildman–Crippen MR) is 117 cm³/mol. The number of anilines is 1. The maximum atomic E-state index is 13.1. The molecule has 2 aromatic heterocycles. The molecule has 3 heterocycles. The zero-order chi connectivity index (χ0) is 21.3. The Labute approximate surface area is 171 Å². The average molecular weight is 404 g/mol. The Morgan fingerprint density at radius 2 is 2.00 bits per heavy atom. The van der Waals surface area contributed by atoms with E-state index in [0.29, 0.717) is 43.3 Å². The van der Waals surface area contributed by atoms with Crippen molar-refractivity contribution in [3.8, 4) is 0 Å². The van der Waals surface area contributed by atoms with Gasteiger partial charge in [0.2, 0.25) is 5.95 Å². The smallest absolute Gasteiger partial charge is 0.332 e. The van der Waals surface area contributed by atoms with Gasteiger partial charge in [-0.15, -0.1) is 0 Å². The van der Waals surface area contributed by atoms with Crippen LogP contribution in [-0.4, -0.2) is 63.4 Å². The molecule has 29 heavy (non-hydrogen) atoms. The topological polar surface area (TPSA) is 94.3 Å². The number of hydrogen-bond donors (Lipinski definition) is 1. The monoisotopic (exact) mass is 403 g/mol. The normalized spacial score (nSPS) is 17.3. The van der Waals surface area contributed by atoms with E-state index < -0.39 is 0 Å². The van der Waals surface area contributed by atoms with E-state index in [1.807, 2.05) is 37.4 Å². The molecule has 2 aromatic rings. The molecule has 9 heteroatoms. The summed E-state index contributed by atoms with van der Waals surface area (Å²) in [5, 5.41) is 0. The third-order valence-corrected chi connectivity index (χ3v) is 5.40. The molecular formula is C20H33N7O2. The van der Waals surface area contributed by atoms with Crippen LogP contribution in [0.1, 0.15) is 26.7 Å². The third-order valence-electron chi connectivity index (χ3n) is 5.40. The number of imidazole rings is 1. The molecule has 1 saturated heterocycles. The maximum absolute atomic E-state index is 13.1. The van der Waals surface area contributed by atoms with Crippen LogP contribution in [0.3, 0.4) is 0 Å². The van der Waals surface area contributed by atoms with Gasteiger partial charge < -0.3 is 20.1 Å². The van der Waals surface area contributed by atoms with Gasteiger partial charge in [-0.3, -0.25) is 13.9 Å². The Hall–Kier alpha value is -2.39. The Bertz CT molecular complexity index is 1020. The number of piperidine rings is 1. The van der Waals surface area contributed by atoms with Crippen molar-refractivity contribution in [3.63, 3.8) is 0 Å². The fraction of sp³-hybridized carbons (Fsp3) is 0.650. The summed E-state index contributed by atoms with van der Waals surface area (Å²) in [6.45, 7) is 7.27. The summed E-state index contributed by atoms with van der Waals surface area (Å²) >= 11 is 0. The summed E-state index contributed by atoms with van der Waals surface area (Å²) in [6.07, 6.45) is 4.04. The summed E-state index contributed by atoms with van der Waals surface area (Å²) in [4.78, 5) is 34.9. The molecule has 1 atom stereocenters. The van der Waals surface area contributed by atoms with Crippen LogP contribution in [0.25, 0.3) is 11.2 Å². The minimum atomic E-state index is -0.335. The number of nitrogens with zero attached hydrogens (tertiary/aromatic N) is 6. The van der Waals surface area contributed by atoms with E-state index in [4.69, 9.17) is 10.7 Å². The quantitative estimate of drug-likeness (QED) is 0.700. The van der Waals surface area contributed by atoms with Crippen molar-refractivity contribution in [2.75, 3.05) is 38.6 Å². The van der Waals surface area contributed by atoms with Crippen molar-refractivity contribution in [3.05, 3.63) is 32.5 Å². The van der Waals surface area contributed by atoms with Crippen molar-refractivity contribution >= 4 is 17.1 Å². The molecule has 9 nitrogen and oxygen atoms in total. The molecule has 0 spiro atoms. The summed E-state index contributed by atoms with van der Waals surface area (Å²) in [5.74, 6) is 0.717.